The first-order valence-electron chi connectivity index (χ1n) is 6.38. The van der Waals surface area contributed by atoms with Crippen LogP contribution in [0.5, 0.6) is 0 Å². The van der Waals surface area contributed by atoms with Crippen LogP contribution in [0.3, 0.4) is 0 Å². The maximum Gasteiger partial charge on any atom is 0.0537 e. The fraction of sp³-hybridized carbons (Fsp3) is 0.571. The molecule has 1 atom stereocenters. The molecular formula is C14H21NO2S. The Balaban J connectivity index is 2.06. The van der Waals surface area contributed by atoms with Crippen LogP contribution in [0.1, 0.15) is 12.5 Å². The van der Waals surface area contributed by atoms with Gasteiger partial charge in [0, 0.05) is 47.4 Å². The minimum absolute atomic E-state index is 0.136. The van der Waals surface area contributed by atoms with Gasteiger partial charge in [0.25, 0.3) is 0 Å². The zero-order valence-electron chi connectivity index (χ0n) is 10.8. The summed E-state index contributed by atoms with van der Waals surface area (Å²) in [5, 5.41) is 9.73. The van der Waals surface area contributed by atoms with Crippen molar-refractivity contribution >= 4 is 10.8 Å². The van der Waals surface area contributed by atoms with Crippen LogP contribution in [-0.4, -0.2) is 52.0 Å². The third-order valence-electron chi connectivity index (χ3n) is 3.66. The quantitative estimate of drug-likeness (QED) is 0.885. The maximum absolute atomic E-state index is 11.3. The molecule has 1 aliphatic rings. The number of aliphatic hydroxyl groups excluding tert-OH is 1. The minimum Gasteiger partial charge on any atom is -0.395 e. The van der Waals surface area contributed by atoms with Crippen molar-refractivity contribution in [3.63, 3.8) is 0 Å². The van der Waals surface area contributed by atoms with E-state index in [-0.39, 0.29) is 12.0 Å². The van der Waals surface area contributed by atoms with Gasteiger partial charge in [-0.2, -0.15) is 0 Å². The van der Waals surface area contributed by atoms with Gasteiger partial charge in [-0.15, -0.1) is 0 Å². The summed E-state index contributed by atoms with van der Waals surface area (Å²) in [7, 11) is -0.640. The number of rotatable bonds is 4. The molecule has 0 aromatic heterocycles. The molecule has 0 spiro atoms. The summed E-state index contributed by atoms with van der Waals surface area (Å²) in [5.74, 6) is 1.52. The molecule has 0 saturated carbocycles. The van der Waals surface area contributed by atoms with Gasteiger partial charge >= 0.3 is 0 Å². The van der Waals surface area contributed by atoms with E-state index in [1.807, 2.05) is 18.2 Å². The molecule has 4 heteroatoms. The lowest BCUT2D eigenvalue weighted by Gasteiger charge is -2.36. The van der Waals surface area contributed by atoms with Gasteiger partial charge in [-0.3, -0.25) is 4.21 Å². The second-order valence-corrected chi connectivity index (χ2v) is 6.91. The lowest BCUT2D eigenvalue weighted by Crippen LogP contribution is -2.46. The molecule has 1 N–H and O–H groups in total. The lowest BCUT2D eigenvalue weighted by molar-refractivity contribution is 0.150. The molecule has 1 aromatic carbocycles. The Morgan fingerprint density at radius 3 is 2.44 bits per heavy atom. The normalized spacial score (nSPS) is 21.7. The monoisotopic (exact) mass is 267 g/mol. The van der Waals surface area contributed by atoms with Crippen molar-refractivity contribution in [3.05, 3.63) is 35.9 Å². The molecule has 1 aliphatic heterocycles. The van der Waals surface area contributed by atoms with Crippen LogP contribution in [0.25, 0.3) is 0 Å². The first-order chi connectivity index (χ1) is 8.64. The van der Waals surface area contributed by atoms with Crippen LogP contribution in [0, 0.1) is 0 Å². The molecule has 18 heavy (non-hydrogen) atoms. The Bertz CT molecular complexity index is 400. The second kappa shape index (κ2) is 5.95. The smallest absolute Gasteiger partial charge is 0.0537 e. The first kappa shape index (κ1) is 13.7. The van der Waals surface area contributed by atoms with Crippen LogP contribution in [0.4, 0.5) is 0 Å². The lowest BCUT2D eigenvalue weighted by atomic mass is 9.82. The largest absolute Gasteiger partial charge is 0.395 e. The second-order valence-electron chi connectivity index (χ2n) is 5.21. The van der Waals surface area contributed by atoms with E-state index >= 15 is 0 Å². The van der Waals surface area contributed by atoms with E-state index in [0.717, 1.165) is 31.1 Å². The first-order valence-corrected chi connectivity index (χ1v) is 7.86. The molecule has 1 unspecified atom stereocenters. The molecule has 1 heterocycles. The van der Waals surface area contributed by atoms with Gasteiger partial charge in [-0.05, 0) is 5.56 Å². The summed E-state index contributed by atoms with van der Waals surface area (Å²) in [4.78, 5) is 2.31. The number of nitrogens with zero attached hydrogens (tertiary/aromatic N) is 1. The predicted octanol–water partition coefficient (Wildman–Crippen LogP) is 1.00. The highest BCUT2D eigenvalue weighted by Gasteiger charge is 2.29. The topological polar surface area (TPSA) is 40.5 Å². The van der Waals surface area contributed by atoms with Gasteiger partial charge in [0.15, 0.2) is 0 Å². The highest BCUT2D eigenvalue weighted by atomic mass is 32.2. The van der Waals surface area contributed by atoms with Crippen molar-refractivity contribution in [1.29, 1.82) is 0 Å². The Morgan fingerprint density at radius 1 is 1.28 bits per heavy atom. The minimum atomic E-state index is -0.640. The van der Waals surface area contributed by atoms with Crippen molar-refractivity contribution < 1.29 is 9.32 Å². The average Bonchev–Trinajstić information content (AvgIpc) is 2.42. The molecule has 0 amide bonds. The van der Waals surface area contributed by atoms with E-state index in [1.54, 1.807) is 0 Å². The van der Waals surface area contributed by atoms with Gasteiger partial charge in [0.05, 0.1) is 6.61 Å². The molecule has 0 radical (unpaired) electrons. The molecule has 0 bridgehead atoms. The fourth-order valence-corrected chi connectivity index (χ4v) is 3.53. The molecule has 1 aromatic rings. The summed E-state index contributed by atoms with van der Waals surface area (Å²) in [6.07, 6.45) is 0. The average molecular weight is 267 g/mol. The summed E-state index contributed by atoms with van der Waals surface area (Å²) >= 11 is 0. The van der Waals surface area contributed by atoms with Crippen molar-refractivity contribution in [1.82, 2.24) is 4.90 Å². The standard InChI is InChI=1S/C14H21NO2S/c1-14(12-16,13-5-3-2-4-6-13)11-15-7-9-18(17)10-8-15/h2-6,16H,7-12H2,1H3. The SMILES string of the molecule is CC(CO)(CN1CCS(=O)CC1)c1ccccc1. The van der Waals surface area contributed by atoms with Crippen molar-refractivity contribution in [3.8, 4) is 0 Å². The number of aliphatic hydroxyl groups is 1. The molecule has 100 valence electrons. The van der Waals surface area contributed by atoms with Crippen LogP contribution >= 0.6 is 0 Å². The zero-order chi connectivity index (χ0) is 13.0. The Morgan fingerprint density at radius 2 is 1.89 bits per heavy atom. The van der Waals surface area contributed by atoms with Crippen molar-refractivity contribution in [2.24, 2.45) is 0 Å². The van der Waals surface area contributed by atoms with Gasteiger partial charge in [-0.1, -0.05) is 37.3 Å². The predicted molar refractivity (Wildman–Crippen MR) is 75.2 cm³/mol. The summed E-state index contributed by atoms with van der Waals surface area (Å²) in [6, 6.07) is 10.1. The third-order valence-corrected chi connectivity index (χ3v) is 4.94. The summed E-state index contributed by atoms with van der Waals surface area (Å²) < 4.78 is 11.3. The molecule has 1 fully saturated rings. The molecule has 0 aliphatic carbocycles. The molecule has 1 saturated heterocycles. The van der Waals surface area contributed by atoms with E-state index in [0.29, 0.717) is 0 Å². The van der Waals surface area contributed by atoms with Crippen molar-refractivity contribution in [2.45, 2.75) is 12.3 Å². The van der Waals surface area contributed by atoms with E-state index in [2.05, 4.69) is 24.0 Å². The zero-order valence-corrected chi connectivity index (χ0v) is 11.7. The van der Waals surface area contributed by atoms with Gasteiger partial charge < -0.3 is 10.0 Å². The number of hydrogen-bond acceptors (Lipinski definition) is 3. The van der Waals surface area contributed by atoms with E-state index in [4.69, 9.17) is 0 Å². The van der Waals surface area contributed by atoms with Crippen LogP contribution in [0.2, 0.25) is 0 Å². The van der Waals surface area contributed by atoms with E-state index < -0.39 is 10.8 Å². The van der Waals surface area contributed by atoms with E-state index in [1.165, 1.54) is 5.56 Å². The Labute approximate surface area is 111 Å². The number of hydrogen-bond donors (Lipinski definition) is 1. The maximum atomic E-state index is 11.3. The molecule has 2 rings (SSSR count). The Hall–Kier alpha value is -0.710. The van der Waals surface area contributed by atoms with E-state index in [9.17, 15) is 9.32 Å². The molecular weight excluding hydrogens is 246 g/mol. The van der Waals surface area contributed by atoms with Crippen LogP contribution in [0.15, 0.2) is 30.3 Å². The summed E-state index contributed by atoms with van der Waals surface area (Å²) in [5.41, 5.74) is 0.930. The van der Waals surface area contributed by atoms with Gasteiger partial charge in [0.2, 0.25) is 0 Å². The summed E-state index contributed by atoms with van der Waals surface area (Å²) in [6.45, 7) is 4.79. The third kappa shape index (κ3) is 3.19. The Kier molecular flexibility index (Phi) is 4.54. The fourth-order valence-electron chi connectivity index (χ4n) is 2.40. The van der Waals surface area contributed by atoms with Crippen LogP contribution < -0.4 is 0 Å². The van der Waals surface area contributed by atoms with Gasteiger partial charge in [0.1, 0.15) is 0 Å². The molecule has 3 nitrogen and oxygen atoms in total. The number of benzene rings is 1. The highest BCUT2D eigenvalue weighted by molar-refractivity contribution is 7.85. The highest BCUT2D eigenvalue weighted by Crippen LogP contribution is 2.24. The van der Waals surface area contributed by atoms with Crippen molar-refractivity contribution in [2.75, 3.05) is 37.7 Å². The van der Waals surface area contributed by atoms with Crippen LogP contribution in [-0.2, 0) is 16.2 Å². The van der Waals surface area contributed by atoms with Gasteiger partial charge in [-0.25, -0.2) is 0 Å².